The second-order valence-corrected chi connectivity index (χ2v) is 7.58. The number of hydrogen-bond acceptors (Lipinski definition) is 16. The van der Waals surface area contributed by atoms with E-state index in [1.807, 2.05) is 13.8 Å². The van der Waals surface area contributed by atoms with Crippen molar-refractivity contribution in [2.24, 2.45) is 0 Å². The zero-order chi connectivity index (χ0) is 27.8. The van der Waals surface area contributed by atoms with Gasteiger partial charge in [-0.2, -0.15) is 9.97 Å². The predicted octanol–water partition coefficient (Wildman–Crippen LogP) is -8.64. The Morgan fingerprint density at radius 2 is 0.974 bits per heavy atom. The Hall–Kier alpha value is -2.83. The smallest absolute Gasteiger partial charge is 0.693 e. The van der Waals surface area contributed by atoms with Gasteiger partial charge in [-0.1, -0.05) is 0 Å². The van der Waals surface area contributed by atoms with Gasteiger partial charge in [0, 0.05) is 13.1 Å². The first kappa shape index (κ1) is 40.7. The van der Waals surface area contributed by atoms with Crippen LogP contribution in [0.15, 0.2) is 22.2 Å². The fourth-order valence-electron chi connectivity index (χ4n) is 2.40. The molecule has 0 bridgehead atoms. The third-order valence-electron chi connectivity index (χ3n) is 3.67. The molecule has 4 aromatic rings. The number of halogens is 2. The molecule has 0 unspecified atom stereocenters. The molecule has 0 aliphatic rings. The van der Waals surface area contributed by atoms with Crippen molar-refractivity contribution in [1.82, 2.24) is 39.0 Å². The number of aromatic amines is 2. The van der Waals surface area contributed by atoms with Gasteiger partial charge in [-0.15, -0.1) is 20.5 Å². The molecule has 22 nitrogen and oxygen atoms in total. The van der Waals surface area contributed by atoms with Crippen LogP contribution in [0.3, 0.4) is 0 Å². The maximum Gasteiger partial charge on any atom is 4.00 e. The Morgan fingerprint density at radius 3 is 1.21 bits per heavy atom. The molecule has 0 fully saturated rings. The molecule has 0 radical (unpaired) electrons. The number of nitrogen functional groups attached to an aromatic ring is 2. The molecule has 0 aliphatic carbocycles. The van der Waals surface area contributed by atoms with Gasteiger partial charge >= 0.3 is 21.1 Å². The van der Waals surface area contributed by atoms with Crippen molar-refractivity contribution in [1.29, 1.82) is 0 Å². The summed E-state index contributed by atoms with van der Waals surface area (Å²) in [4.78, 5) is 43.2. The topological polar surface area (TPSA) is 431 Å². The number of imidazole rings is 2. The zero-order valence-electron chi connectivity index (χ0n) is 19.7. The van der Waals surface area contributed by atoms with Crippen LogP contribution in [0.1, 0.15) is 13.8 Å². The van der Waals surface area contributed by atoms with Crippen molar-refractivity contribution in [2.45, 2.75) is 26.9 Å². The Bertz CT molecular complexity index is 1280. The van der Waals surface area contributed by atoms with Crippen LogP contribution in [0, 0.1) is 20.5 Å². The number of hydrogen-bond donors (Lipinski definition) is 4. The van der Waals surface area contributed by atoms with E-state index in [9.17, 15) is 9.59 Å². The molecule has 39 heavy (non-hydrogen) atoms. The molecule has 0 aromatic carbocycles. The molecule has 0 saturated carbocycles. The number of aromatic nitrogens is 8. The van der Waals surface area contributed by atoms with Gasteiger partial charge in [0.2, 0.25) is 11.9 Å². The monoisotopic (exact) mass is 783 g/mol. The van der Waals surface area contributed by atoms with Crippen molar-refractivity contribution in [3.8, 4) is 0 Å². The molecule has 25 heteroatoms. The molecular formula is C14H22Cl2N12O10Pt. The first-order valence-corrected chi connectivity index (χ1v) is 11.6. The number of nitrogens with zero attached hydrogens (tertiary/aromatic N) is 6. The van der Waals surface area contributed by atoms with E-state index in [1.54, 1.807) is 21.8 Å². The molecule has 4 rings (SSSR count). The van der Waals surface area contributed by atoms with Crippen LogP contribution in [0.5, 0.6) is 0 Å². The van der Waals surface area contributed by atoms with Crippen LogP contribution in [-0.4, -0.2) is 39.0 Å². The van der Waals surface area contributed by atoms with E-state index in [4.69, 9.17) is 48.7 Å². The fraction of sp³-hybridized carbons (Fsp3) is 0.286. The SMILES string of the molecule is CCn1cnc2c(=O)[nH]c(N)nc21.CCn1cnc2c(=O)[nH]c(N)nc21.[NH2-].[NH2-].[O-][Cl+3]([O-])([O-])[O-].[O-][Cl+3]([O-])([O-])[O-].[Pt+4]. The summed E-state index contributed by atoms with van der Waals surface area (Å²) in [6.07, 6.45) is 3.15. The van der Waals surface area contributed by atoms with Gasteiger partial charge in [0.25, 0.3) is 11.1 Å². The van der Waals surface area contributed by atoms with Crippen LogP contribution in [0.25, 0.3) is 34.6 Å². The summed E-state index contributed by atoms with van der Waals surface area (Å²) in [6.45, 7) is 5.32. The second kappa shape index (κ2) is 17.0. The first-order valence-electron chi connectivity index (χ1n) is 9.09. The molecule has 222 valence electrons. The zero-order valence-corrected chi connectivity index (χ0v) is 23.5. The molecule has 10 N–H and O–H groups in total. The average Bonchev–Trinajstić information content (AvgIpc) is 3.29. The van der Waals surface area contributed by atoms with Gasteiger partial charge in [0.1, 0.15) is 0 Å². The Labute approximate surface area is 235 Å². The van der Waals surface area contributed by atoms with E-state index < -0.39 is 20.5 Å². The number of aryl methyl sites for hydroxylation is 2. The minimum Gasteiger partial charge on any atom is -0.693 e. The molecule has 0 aliphatic heterocycles. The van der Waals surface area contributed by atoms with Gasteiger partial charge in [-0.05, 0) is 13.8 Å². The molecule has 4 heterocycles. The Balaban J connectivity index is -0.000000472. The molecule has 4 aromatic heterocycles. The number of nitrogens with one attached hydrogen (secondary N) is 2. The fourth-order valence-corrected chi connectivity index (χ4v) is 2.40. The largest absolute Gasteiger partial charge is 4.00 e. The summed E-state index contributed by atoms with van der Waals surface area (Å²) in [5, 5.41) is 0. The third kappa shape index (κ3) is 14.8. The number of rotatable bonds is 2. The molecular weight excluding hydrogens is 762 g/mol. The van der Waals surface area contributed by atoms with Crippen molar-refractivity contribution < 1.29 is 78.8 Å². The van der Waals surface area contributed by atoms with Gasteiger partial charge in [-0.25, -0.2) is 47.2 Å². The standard InChI is InChI=1S/2C7H9N5O.2ClHO4.2H2N.Pt/c2*1-2-12-3-9-4-5(12)10-7(8)11-6(4)13;2*2-1(3,4)5;;;/h2*3H,2H2,1H3,(H3,8,10,11,13);2*(H,2,3,4,5);2*1H2;/q;;;;2*-1;+4/p-2. The third-order valence-corrected chi connectivity index (χ3v) is 3.67. The van der Waals surface area contributed by atoms with E-state index in [0.29, 0.717) is 35.4 Å². The summed E-state index contributed by atoms with van der Waals surface area (Å²) >= 11 is 0. The van der Waals surface area contributed by atoms with E-state index in [2.05, 4.69) is 29.9 Å². The normalized spacial score (nSPS) is 10.3. The summed E-state index contributed by atoms with van der Waals surface area (Å²) < 4.78 is 71.5. The average molecular weight is 784 g/mol. The van der Waals surface area contributed by atoms with E-state index in [-0.39, 0.29) is 56.4 Å². The van der Waals surface area contributed by atoms with Gasteiger partial charge in [0.05, 0.1) is 12.7 Å². The molecule has 0 amide bonds. The van der Waals surface area contributed by atoms with Crippen LogP contribution < -0.4 is 59.9 Å². The van der Waals surface area contributed by atoms with Crippen molar-refractivity contribution in [2.75, 3.05) is 11.5 Å². The summed E-state index contributed by atoms with van der Waals surface area (Å²) in [5.41, 5.74) is 11.9. The van der Waals surface area contributed by atoms with E-state index in [1.165, 1.54) is 0 Å². The summed E-state index contributed by atoms with van der Waals surface area (Å²) in [7, 11) is -9.89. The van der Waals surface area contributed by atoms with E-state index >= 15 is 0 Å². The Morgan fingerprint density at radius 1 is 0.718 bits per heavy atom. The van der Waals surface area contributed by atoms with Gasteiger partial charge in [0.15, 0.2) is 22.3 Å². The second-order valence-electron chi connectivity index (χ2n) is 6.06. The maximum atomic E-state index is 11.3. The maximum absolute atomic E-state index is 11.3. The molecule has 0 atom stereocenters. The minimum atomic E-state index is -4.94. The van der Waals surface area contributed by atoms with E-state index in [0.717, 1.165) is 0 Å². The number of H-pyrrole nitrogens is 2. The van der Waals surface area contributed by atoms with Crippen LogP contribution in [0.4, 0.5) is 11.9 Å². The molecule has 0 spiro atoms. The first-order chi connectivity index (χ1) is 16.4. The Kier molecular flexibility index (Phi) is 17.7. The summed E-state index contributed by atoms with van der Waals surface area (Å²) in [5.74, 6) is 0.236. The van der Waals surface area contributed by atoms with Gasteiger partial charge in [-0.3, -0.25) is 19.6 Å². The van der Waals surface area contributed by atoms with Crippen LogP contribution in [0.2, 0.25) is 0 Å². The predicted molar refractivity (Wildman–Crippen MR) is 107 cm³/mol. The van der Waals surface area contributed by atoms with Gasteiger partial charge < -0.3 is 32.9 Å². The van der Waals surface area contributed by atoms with Crippen LogP contribution >= 0.6 is 0 Å². The quantitative estimate of drug-likeness (QED) is 0.147. The minimum absolute atomic E-state index is 0. The van der Waals surface area contributed by atoms with Crippen molar-refractivity contribution in [3.05, 3.63) is 45.7 Å². The number of nitrogens with two attached hydrogens (primary N) is 4. The van der Waals surface area contributed by atoms with Crippen molar-refractivity contribution >= 4 is 34.2 Å². The number of anilines is 2. The van der Waals surface area contributed by atoms with Crippen LogP contribution in [-0.2, 0) is 34.2 Å². The number of fused-ring (bicyclic) bond motifs is 2. The van der Waals surface area contributed by atoms with Crippen molar-refractivity contribution in [3.63, 3.8) is 0 Å². The molecule has 0 saturated heterocycles. The summed E-state index contributed by atoms with van der Waals surface area (Å²) in [6, 6.07) is 0.